The predicted molar refractivity (Wildman–Crippen MR) is 47.5 cm³/mol. The monoisotopic (exact) mass is 287 g/mol. The van der Waals surface area contributed by atoms with Gasteiger partial charge < -0.3 is 5.11 Å². The van der Waals surface area contributed by atoms with Crippen LogP contribution in [0.2, 0.25) is 0 Å². The second-order valence-corrected chi connectivity index (χ2v) is 3.77. The Bertz CT molecular complexity index is 355. The van der Waals surface area contributed by atoms with Crippen molar-refractivity contribution < 1.29 is 22.7 Å². The first-order chi connectivity index (χ1) is 6.79. The number of nitrogens with zero attached hydrogens (tertiary/aromatic N) is 1. The highest BCUT2D eigenvalue weighted by atomic mass is 79.9. The molecule has 0 aliphatic heterocycles. The number of aliphatic hydroxyl groups excluding tert-OH is 1. The first kappa shape index (κ1) is 12.4. The van der Waals surface area contributed by atoms with E-state index in [1.165, 1.54) is 0 Å². The summed E-state index contributed by atoms with van der Waals surface area (Å²) in [6, 6.07) is 0.946. The van der Waals surface area contributed by atoms with Crippen LogP contribution in [0, 0.1) is 5.82 Å². The highest BCUT2D eigenvalue weighted by Crippen LogP contribution is 2.29. The Labute approximate surface area is 91.1 Å². The lowest BCUT2D eigenvalue weighted by atomic mass is 10.1. The summed E-state index contributed by atoms with van der Waals surface area (Å²) in [5, 5.41) is 9.09. The molecule has 0 fully saturated rings. The molecule has 0 amide bonds. The van der Waals surface area contributed by atoms with E-state index in [9.17, 15) is 17.6 Å². The summed E-state index contributed by atoms with van der Waals surface area (Å²) >= 11 is 2.90. The van der Waals surface area contributed by atoms with Crippen LogP contribution in [0.15, 0.2) is 16.7 Å². The number of rotatable bonds is 2. The summed E-state index contributed by atoms with van der Waals surface area (Å²) < 4.78 is 49.0. The lowest BCUT2D eigenvalue weighted by molar-refractivity contribution is -0.154. The number of aliphatic hydroxyl groups is 1. The Balaban J connectivity index is 2.87. The third-order valence-electron chi connectivity index (χ3n) is 1.58. The fourth-order valence-corrected chi connectivity index (χ4v) is 1.29. The van der Waals surface area contributed by atoms with Gasteiger partial charge in [0.15, 0.2) is 0 Å². The van der Waals surface area contributed by atoms with Gasteiger partial charge >= 0.3 is 6.18 Å². The van der Waals surface area contributed by atoms with Crippen molar-refractivity contribution in [2.45, 2.75) is 18.7 Å². The van der Waals surface area contributed by atoms with Gasteiger partial charge in [0.25, 0.3) is 0 Å². The summed E-state index contributed by atoms with van der Waals surface area (Å²) in [5.74, 6) is -0.971. The van der Waals surface area contributed by atoms with Crippen molar-refractivity contribution in [3.05, 3.63) is 28.2 Å². The van der Waals surface area contributed by atoms with Gasteiger partial charge in [-0.05, 0) is 22.0 Å². The lowest BCUT2D eigenvalue weighted by Gasteiger charge is -2.13. The molecule has 0 radical (unpaired) electrons. The molecular weight excluding hydrogens is 282 g/mol. The predicted octanol–water partition coefficient (Wildman–Crippen LogP) is 2.97. The second-order valence-electron chi connectivity index (χ2n) is 2.86. The van der Waals surface area contributed by atoms with Crippen molar-refractivity contribution in [2.75, 3.05) is 0 Å². The molecule has 15 heavy (non-hydrogen) atoms. The maximum Gasteiger partial charge on any atom is 0.391 e. The molecule has 0 saturated carbocycles. The highest BCUT2D eigenvalue weighted by Gasteiger charge is 2.33. The zero-order chi connectivity index (χ0) is 11.6. The van der Waals surface area contributed by atoms with Crippen LogP contribution < -0.4 is 0 Å². The van der Waals surface area contributed by atoms with Crippen LogP contribution in [0.1, 0.15) is 18.2 Å². The summed E-state index contributed by atoms with van der Waals surface area (Å²) in [4.78, 5) is 3.39. The van der Waals surface area contributed by atoms with Gasteiger partial charge in [0.2, 0.25) is 0 Å². The minimum absolute atomic E-state index is 0.294. The summed E-state index contributed by atoms with van der Waals surface area (Å²) in [6.07, 6.45) is -6.92. The summed E-state index contributed by atoms with van der Waals surface area (Å²) in [7, 11) is 0. The van der Waals surface area contributed by atoms with Crippen molar-refractivity contribution in [2.24, 2.45) is 0 Å². The van der Waals surface area contributed by atoms with Gasteiger partial charge in [-0.2, -0.15) is 13.2 Å². The van der Waals surface area contributed by atoms with Crippen LogP contribution in [0.3, 0.4) is 0 Å². The van der Waals surface area contributed by atoms with Crippen molar-refractivity contribution in [3.63, 3.8) is 0 Å². The van der Waals surface area contributed by atoms with Gasteiger partial charge in [-0.25, -0.2) is 4.39 Å². The number of alkyl halides is 3. The van der Waals surface area contributed by atoms with Gasteiger partial charge in [0.1, 0.15) is 17.6 Å². The molecule has 1 atom stereocenters. The fourth-order valence-electron chi connectivity index (χ4n) is 0.986. The standard InChI is InChI=1S/C8H6BrF4NO/c9-4-1-5(10)7(14-3-4)6(15)2-8(11,12)13/h1,3,6,15H,2H2. The smallest absolute Gasteiger partial charge is 0.386 e. The SMILES string of the molecule is OC(CC(F)(F)F)c1ncc(Br)cc1F. The molecule has 1 N–H and O–H groups in total. The van der Waals surface area contributed by atoms with E-state index in [1.54, 1.807) is 0 Å². The first-order valence-corrected chi connectivity index (χ1v) is 4.64. The Morgan fingerprint density at radius 2 is 2.07 bits per heavy atom. The van der Waals surface area contributed by atoms with E-state index >= 15 is 0 Å². The van der Waals surface area contributed by atoms with Crippen LogP contribution in [0.25, 0.3) is 0 Å². The molecule has 2 nitrogen and oxygen atoms in total. The Morgan fingerprint density at radius 3 is 2.53 bits per heavy atom. The molecular formula is C8H6BrF4NO. The topological polar surface area (TPSA) is 33.1 Å². The molecule has 7 heteroatoms. The Morgan fingerprint density at radius 1 is 1.47 bits per heavy atom. The Kier molecular flexibility index (Phi) is 3.67. The van der Waals surface area contributed by atoms with E-state index in [-0.39, 0.29) is 0 Å². The normalized spacial score (nSPS) is 14.0. The third kappa shape index (κ3) is 3.75. The van der Waals surface area contributed by atoms with E-state index in [4.69, 9.17) is 5.11 Å². The lowest BCUT2D eigenvalue weighted by Crippen LogP contribution is -2.15. The van der Waals surface area contributed by atoms with Crippen LogP contribution in [-0.2, 0) is 0 Å². The van der Waals surface area contributed by atoms with Crippen LogP contribution in [0.5, 0.6) is 0 Å². The van der Waals surface area contributed by atoms with Gasteiger partial charge in [0.05, 0.1) is 6.42 Å². The van der Waals surface area contributed by atoms with E-state index < -0.39 is 30.2 Å². The molecule has 1 rings (SSSR count). The van der Waals surface area contributed by atoms with Gasteiger partial charge in [-0.3, -0.25) is 4.98 Å². The van der Waals surface area contributed by atoms with Crippen molar-refractivity contribution in [1.82, 2.24) is 4.98 Å². The number of hydrogen-bond acceptors (Lipinski definition) is 2. The molecule has 1 aromatic heterocycles. The third-order valence-corrected chi connectivity index (χ3v) is 2.01. The summed E-state index contributed by atoms with van der Waals surface area (Å²) in [5.41, 5.74) is -0.601. The number of pyridine rings is 1. The molecule has 0 aliphatic carbocycles. The average molecular weight is 288 g/mol. The van der Waals surface area contributed by atoms with Gasteiger partial charge in [-0.1, -0.05) is 0 Å². The first-order valence-electron chi connectivity index (χ1n) is 3.85. The quantitative estimate of drug-likeness (QED) is 0.849. The summed E-state index contributed by atoms with van der Waals surface area (Å²) in [6.45, 7) is 0. The van der Waals surface area contributed by atoms with Gasteiger partial charge in [-0.15, -0.1) is 0 Å². The maximum atomic E-state index is 13.1. The van der Waals surface area contributed by atoms with Crippen LogP contribution in [0.4, 0.5) is 17.6 Å². The molecule has 0 saturated heterocycles. The van der Waals surface area contributed by atoms with Crippen molar-refractivity contribution in [3.8, 4) is 0 Å². The highest BCUT2D eigenvalue weighted by molar-refractivity contribution is 9.10. The van der Waals surface area contributed by atoms with Crippen molar-refractivity contribution in [1.29, 1.82) is 0 Å². The molecule has 1 unspecified atom stereocenters. The number of hydrogen-bond donors (Lipinski definition) is 1. The zero-order valence-electron chi connectivity index (χ0n) is 7.22. The number of halogens is 5. The zero-order valence-corrected chi connectivity index (χ0v) is 8.81. The van der Waals surface area contributed by atoms with E-state index in [1.807, 2.05) is 0 Å². The Hall–Kier alpha value is -0.690. The molecule has 1 heterocycles. The van der Waals surface area contributed by atoms with E-state index in [0.29, 0.717) is 4.47 Å². The minimum Gasteiger partial charge on any atom is -0.386 e. The van der Waals surface area contributed by atoms with E-state index in [2.05, 4.69) is 20.9 Å². The van der Waals surface area contributed by atoms with Crippen LogP contribution in [-0.4, -0.2) is 16.3 Å². The largest absolute Gasteiger partial charge is 0.391 e. The average Bonchev–Trinajstić information content (AvgIpc) is 1.99. The van der Waals surface area contributed by atoms with E-state index in [0.717, 1.165) is 12.3 Å². The maximum absolute atomic E-state index is 13.1. The molecule has 1 aromatic rings. The molecule has 84 valence electrons. The second kappa shape index (κ2) is 4.44. The molecule has 0 spiro atoms. The number of aromatic nitrogens is 1. The molecule has 0 aliphatic rings. The minimum atomic E-state index is -4.55. The molecule has 0 bridgehead atoms. The fraction of sp³-hybridized carbons (Fsp3) is 0.375. The van der Waals surface area contributed by atoms with Crippen LogP contribution >= 0.6 is 15.9 Å². The van der Waals surface area contributed by atoms with Gasteiger partial charge in [0, 0.05) is 10.7 Å². The van der Waals surface area contributed by atoms with Crippen molar-refractivity contribution >= 4 is 15.9 Å². The molecule has 0 aromatic carbocycles.